The smallest absolute Gasteiger partial charge is 0.338 e. The number of carbonyl (C=O) groups excluding carboxylic acids is 3. The van der Waals surface area contributed by atoms with Crippen LogP contribution >= 0.6 is 0 Å². The fraction of sp³-hybridized carbons (Fsp3) is 0.344. The highest BCUT2D eigenvalue weighted by Crippen LogP contribution is 2.48. The van der Waals surface area contributed by atoms with E-state index in [0.29, 0.717) is 36.0 Å². The molecular formula is C32H34N2O6. The molecule has 0 bridgehead atoms. The van der Waals surface area contributed by atoms with Crippen LogP contribution in [0.1, 0.15) is 62.0 Å². The predicted octanol–water partition coefficient (Wildman–Crippen LogP) is 5.61. The summed E-state index contributed by atoms with van der Waals surface area (Å²) in [7, 11) is 1.47. The van der Waals surface area contributed by atoms with E-state index in [0.717, 1.165) is 5.57 Å². The zero-order valence-corrected chi connectivity index (χ0v) is 23.5. The molecule has 4 rings (SSSR count). The number of pyridine rings is 1. The number of rotatable bonds is 7. The molecule has 2 heterocycles. The van der Waals surface area contributed by atoms with Crippen molar-refractivity contribution in [1.29, 1.82) is 5.26 Å². The molecule has 1 aliphatic heterocycles. The molecule has 0 amide bonds. The third-order valence-electron chi connectivity index (χ3n) is 7.27. The number of aldehydes is 1. The molecule has 1 aromatic carbocycles. The van der Waals surface area contributed by atoms with Gasteiger partial charge in [0.25, 0.3) is 0 Å². The van der Waals surface area contributed by atoms with Gasteiger partial charge in [0, 0.05) is 24.0 Å². The monoisotopic (exact) mass is 542 g/mol. The van der Waals surface area contributed by atoms with Gasteiger partial charge in [0.2, 0.25) is 0 Å². The van der Waals surface area contributed by atoms with Crippen LogP contribution in [0.5, 0.6) is 0 Å². The summed E-state index contributed by atoms with van der Waals surface area (Å²) in [4.78, 5) is 43.0. The SMILES string of the molecule is C=C(C)C1CC(OC(=O)c2ccc(C#N)cc2)C2(C)OC(/C=C(\OC)c3cccnc3)=C(C=O)C(=O)C2C1.CC. The van der Waals surface area contributed by atoms with Gasteiger partial charge in [-0.3, -0.25) is 14.6 Å². The molecule has 1 aliphatic carbocycles. The molecule has 8 nitrogen and oxygen atoms in total. The lowest BCUT2D eigenvalue weighted by atomic mass is 9.64. The summed E-state index contributed by atoms with van der Waals surface area (Å²) in [5, 5.41) is 9.05. The lowest BCUT2D eigenvalue weighted by Gasteiger charge is -2.50. The fourth-order valence-electron chi connectivity index (χ4n) is 4.99. The molecule has 0 N–H and O–H groups in total. The predicted molar refractivity (Wildman–Crippen MR) is 150 cm³/mol. The van der Waals surface area contributed by atoms with Gasteiger partial charge in [0.1, 0.15) is 17.6 Å². The van der Waals surface area contributed by atoms with Crippen molar-refractivity contribution in [3.63, 3.8) is 0 Å². The van der Waals surface area contributed by atoms with E-state index in [9.17, 15) is 14.4 Å². The number of Topliss-reactive ketones (excluding diaryl/α,β-unsaturated/α-hetero) is 1. The Morgan fingerprint density at radius 1 is 1.20 bits per heavy atom. The van der Waals surface area contributed by atoms with Crippen LogP contribution in [0.2, 0.25) is 0 Å². The van der Waals surface area contributed by atoms with Gasteiger partial charge in [-0.1, -0.05) is 26.0 Å². The van der Waals surface area contributed by atoms with E-state index in [1.54, 1.807) is 31.5 Å². The maximum absolute atomic E-state index is 13.7. The van der Waals surface area contributed by atoms with Crippen molar-refractivity contribution in [1.82, 2.24) is 4.98 Å². The molecule has 0 saturated heterocycles. The van der Waals surface area contributed by atoms with Crippen molar-refractivity contribution in [2.24, 2.45) is 11.8 Å². The first kappa shape index (κ1) is 30.0. The molecule has 1 saturated carbocycles. The Balaban J connectivity index is 0.00000216. The summed E-state index contributed by atoms with van der Waals surface area (Å²) in [6, 6.07) is 11.6. The van der Waals surface area contributed by atoms with Crippen molar-refractivity contribution in [3.05, 3.63) is 95.0 Å². The number of methoxy groups -OCH3 is 1. The molecule has 0 radical (unpaired) electrons. The second kappa shape index (κ2) is 13.0. The van der Waals surface area contributed by atoms with Crippen LogP contribution < -0.4 is 0 Å². The number of ketones is 1. The van der Waals surface area contributed by atoms with Gasteiger partial charge < -0.3 is 14.2 Å². The first-order valence-corrected chi connectivity index (χ1v) is 13.2. The highest BCUT2D eigenvalue weighted by atomic mass is 16.6. The number of nitriles is 1. The number of allylic oxidation sites excluding steroid dienone is 3. The van der Waals surface area contributed by atoms with Crippen molar-refractivity contribution in [2.45, 2.75) is 52.2 Å². The molecule has 4 atom stereocenters. The first-order valence-electron chi connectivity index (χ1n) is 13.2. The van der Waals surface area contributed by atoms with Gasteiger partial charge in [0.05, 0.1) is 35.8 Å². The molecule has 4 unspecified atom stereocenters. The Bertz CT molecular complexity index is 1370. The molecule has 8 heteroatoms. The Labute approximate surface area is 235 Å². The maximum Gasteiger partial charge on any atom is 0.338 e. The summed E-state index contributed by atoms with van der Waals surface area (Å²) < 4.78 is 17.9. The van der Waals surface area contributed by atoms with E-state index in [-0.39, 0.29) is 28.6 Å². The van der Waals surface area contributed by atoms with Crippen molar-refractivity contribution >= 4 is 23.8 Å². The van der Waals surface area contributed by atoms with E-state index < -0.39 is 23.6 Å². The zero-order chi connectivity index (χ0) is 29.4. The third kappa shape index (κ3) is 6.04. The van der Waals surface area contributed by atoms with Crippen LogP contribution in [0.3, 0.4) is 0 Å². The lowest BCUT2D eigenvalue weighted by molar-refractivity contribution is -0.168. The number of carbonyl (C=O) groups is 3. The number of aromatic nitrogens is 1. The van der Waals surface area contributed by atoms with Gasteiger partial charge in [0.15, 0.2) is 17.7 Å². The van der Waals surface area contributed by atoms with E-state index in [2.05, 4.69) is 11.6 Å². The minimum atomic E-state index is -1.25. The number of fused-ring (bicyclic) bond motifs is 1. The zero-order valence-electron chi connectivity index (χ0n) is 23.5. The topological polar surface area (TPSA) is 116 Å². The van der Waals surface area contributed by atoms with Gasteiger partial charge in [-0.15, -0.1) is 0 Å². The van der Waals surface area contributed by atoms with Crippen molar-refractivity contribution < 1.29 is 28.6 Å². The number of hydrogen-bond acceptors (Lipinski definition) is 8. The molecule has 40 heavy (non-hydrogen) atoms. The van der Waals surface area contributed by atoms with Crippen LogP contribution in [-0.4, -0.2) is 41.8 Å². The molecule has 1 aromatic heterocycles. The average molecular weight is 543 g/mol. The van der Waals surface area contributed by atoms with Gasteiger partial charge in [-0.05, 0) is 69.0 Å². The Kier molecular flexibility index (Phi) is 9.78. The molecule has 0 spiro atoms. The largest absolute Gasteiger partial charge is 0.496 e. The Morgan fingerprint density at radius 2 is 1.90 bits per heavy atom. The Hall–Kier alpha value is -4.51. The minimum Gasteiger partial charge on any atom is -0.496 e. The van der Waals surface area contributed by atoms with E-state index in [1.807, 2.05) is 26.8 Å². The highest BCUT2D eigenvalue weighted by molar-refractivity contribution is 6.14. The number of nitrogens with zero attached hydrogens (tertiary/aromatic N) is 2. The van der Waals surface area contributed by atoms with E-state index in [4.69, 9.17) is 19.5 Å². The maximum atomic E-state index is 13.7. The average Bonchev–Trinajstić information content (AvgIpc) is 2.98. The summed E-state index contributed by atoms with van der Waals surface area (Å²) >= 11 is 0. The summed E-state index contributed by atoms with van der Waals surface area (Å²) in [6.45, 7) is 11.7. The van der Waals surface area contributed by atoms with Gasteiger partial charge in [-0.2, -0.15) is 5.26 Å². The van der Waals surface area contributed by atoms with Crippen molar-refractivity contribution in [3.8, 4) is 6.07 Å². The summed E-state index contributed by atoms with van der Waals surface area (Å²) in [6.07, 6.45) is 5.17. The van der Waals surface area contributed by atoms with Crippen LogP contribution in [0.25, 0.3) is 5.76 Å². The fourth-order valence-corrected chi connectivity index (χ4v) is 4.99. The standard InChI is InChI=1S/C30H28N2O6.C2H6/c1-18(2)22-12-24-28(34)23(17-33)26(14-25(36-4)21-6-5-11-32-16-21)38-30(24,3)27(13-22)37-29(35)20-9-7-19(15-31)8-10-20;1-2/h5-11,14,16-17,22,24,27H,1,12-13H2,2-4H3;1-2H3/b25-14-;. The number of ether oxygens (including phenoxy) is 3. The van der Waals surface area contributed by atoms with Crippen LogP contribution in [-0.2, 0) is 23.8 Å². The quantitative estimate of drug-likeness (QED) is 0.146. The van der Waals surface area contributed by atoms with Gasteiger partial charge >= 0.3 is 5.97 Å². The summed E-state index contributed by atoms with van der Waals surface area (Å²) in [5.41, 5.74) is 0.805. The van der Waals surface area contributed by atoms with E-state index in [1.165, 1.54) is 37.5 Å². The third-order valence-corrected chi connectivity index (χ3v) is 7.27. The molecule has 1 fully saturated rings. The molecule has 2 aromatic rings. The van der Waals surface area contributed by atoms with E-state index >= 15 is 0 Å². The van der Waals surface area contributed by atoms with Crippen LogP contribution in [0.4, 0.5) is 0 Å². The highest BCUT2D eigenvalue weighted by Gasteiger charge is 2.57. The lowest BCUT2D eigenvalue weighted by Crippen LogP contribution is -2.59. The molecular weight excluding hydrogens is 508 g/mol. The Morgan fingerprint density at radius 3 is 2.45 bits per heavy atom. The van der Waals surface area contributed by atoms with Crippen LogP contribution in [0, 0.1) is 23.2 Å². The number of benzene rings is 1. The van der Waals surface area contributed by atoms with Crippen LogP contribution in [0.15, 0.2) is 78.4 Å². The molecule has 2 aliphatic rings. The van der Waals surface area contributed by atoms with Crippen molar-refractivity contribution in [2.75, 3.05) is 7.11 Å². The number of esters is 1. The summed E-state index contributed by atoms with van der Waals surface area (Å²) in [5.74, 6) is -1.45. The second-order valence-corrected chi connectivity index (χ2v) is 9.65. The minimum absolute atomic E-state index is 0.0395. The van der Waals surface area contributed by atoms with Gasteiger partial charge in [-0.25, -0.2) is 4.79 Å². The number of hydrogen-bond donors (Lipinski definition) is 0. The first-order chi connectivity index (χ1) is 19.2. The molecule has 208 valence electrons. The second-order valence-electron chi connectivity index (χ2n) is 9.65. The normalized spacial score (nSPS) is 23.9.